The molecule has 1 aliphatic rings. The molecule has 0 unspecified atom stereocenters. The van der Waals surface area contributed by atoms with Crippen molar-refractivity contribution in [3.05, 3.63) is 0 Å². The van der Waals surface area contributed by atoms with E-state index in [1.54, 1.807) is 0 Å². The van der Waals surface area contributed by atoms with Gasteiger partial charge < -0.3 is 10.2 Å². The van der Waals surface area contributed by atoms with Gasteiger partial charge in [0.1, 0.15) is 0 Å². The third-order valence-corrected chi connectivity index (χ3v) is 2.58. The van der Waals surface area contributed by atoms with E-state index in [-0.39, 0.29) is 0 Å². The molecule has 1 rings (SSSR count). The highest BCUT2D eigenvalue weighted by molar-refractivity contribution is 4.66. The van der Waals surface area contributed by atoms with E-state index >= 15 is 0 Å². The van der Waals surface area contributed by atoms with Gasteiger partial charge in [-0.25, -0.2) is 0 Å². The molecule has 0 saturated carbocycles. The number of hydrogen-bond donors (Lipinski definition) is 1. The molecule has 1 N–H and O–H groups in total. The van der Waals surface area contributed by atoms with Crippen molar-refractivity contribution in [3.63, 3.8) is 0 Å². The fraction of sp³-hybridized carbons (Fsp3) is 1.00. The summed E-state index contributed by atoms with van der Waals surface area (Å²) in [5.74, 6) is 0. The Kier molecular flexibility index (Phi) is 4.62. The predicted molar refractivity (Wildman–Crippen MR) is 53.4 cm³/mol. The Balaban J connectivity index is 2.28. The molecule has 2 heteroatoms. The van der Waals surface area contributed by atoms with E-state index in [9.17, 15) is 0 Å². The van der Waals surface area contributed by atoms with E-state index in [2.05, 4.69) is 24.1 Å². The van der Waals surface area contributed by atoms with Crippen LogP contribution in [0.2, 0.25) is 0 Å². The van der Waals surface area contributed by atoms with Gasteiger partial charge in [-0.15, -0.1) is 0 Å². The van der Waals surface area contributed by atoms with Crippen LogP contribution in [0, 0.1) is 0 Å². The quantitative estimate of drug-likeness (QED) is 0.641. The maximum absolute atomic E-state index is 3.46. The van der Waals surface area contributed by atoms with Gasteiger partial charge in [0, 0.05) is 6.04 Å². The zero-order valence-corrected chi connectivity index (χ0v) is 8.47. The summed E-state index contributed by atoms with van der Waals surface area (Å²) in [6, 6.07) is 0.725. The second-order valence-electron chi connectivity index (χ2n) is 3.94. The van der Waals surface area contributed by atoms with E-state index in [1.165, 1.54) is 45.4 Å². The molecule has 0 aromatic carbocycles. The third-order valence-electron chi connectivity index (χ3n) is 2.58. The van der Waals surface area contributed by atoms with Gasteiger partial charge in [0.15, 0.2) is 0 Å². The predicted octanol–water partition coefficient (Wildman–Crippen LogP) is 1.47. The lowest BCUT2D eigenvalue weighted by molar-refractivity contribution is 0.220. The second-order valence-corrected chi connectivity index (χ2v) is 3.94. The van der Waals surface area contributed by atoms with Crippen molar-refractivity contribution >= 4 is 0 Å². The van der Waals surface area contributed by atoms with E-state index in [1.807, 2.05) is 0 Å². The zero-order valence-electron chi connectivity index (χ0n) is 8.47. The summed E-state index contributed by atoms with van der Waals surface area (Å²) < 4.78 is 0. The van der Waals surface area contributed by atoms with Crippen LogP contribution >= 0.6 is 0 Å². The monoisotopic (exact) mass is 170 g/mol. The molecule has 2 nitrogen and oxygen atoms in total. The number of nitrogens with one attached hydrogen (secondary N) is 1. The normalized spacial score (nSPS) is 23.2. The molecule has 1 heterocycles. The molecule has 0 aliphatic carbocycles. The van der Waals surface area contributed by atoms with Crippen LogP contribution in [0.4, 0.5) is 0 Å². The molecule has 72 valence electrons. The van der Waals surface area contributed by atoms with Gasteiger partial charge in [0.25, 0.3) is 0 Å². The highest BCUT2D eigenvalue weighted by Crippen LogP contribution is 2.03. The Morgan fingerprint density at radius 2 is 1.67 bits per heavy atom. The summed E-state index contributed by atoms with van der Waals surface area (Å²) in [5.41, 5.74) is 0. The van der Waals surface area contributed by atoms with Crippen molar-refractivity contribution < 1.29 is 0 Å². The van der Waals surface area contributed by atoms with Crippen molar-refractivity contribution in [1.82, 2.24) is 10.2 Å². The fourth-order valence-corrected chi connectivity index (χ4v) is 1.73. The van der Waals surface area contributed by atoms with Crippen LogP contribution in [0.3, 0.4) is 0 Å². The average molecular weight is 170 g/mol. The van der Waals surface area contributed by atoms with Gasteiger partial charge in [-0.2, -0.15) is 0 Å². The van der Waals surface area contributed by atoms with Crippen molar-refractivity contribution in [1.29, 1.82) is 0 Å². The molecule has 0 amide bonds. The molecular formula is C10H22N2. The topological polar surface area (TPSA) is 15.3 Å². The molecule has 0 radical (unpaired) electrons. The second kappa shape index (κ2) is 5.55. The molecule has 0 bridgehead atoms. The van der Waals surface area contributed by atoms with Crippen LogP contribution in [-0.4, -0.2) is 37.1 Å². The van der Waals surface area contributed by atoms with Crippen LogP contribution < -0.4 is 5.32 Å². The third kappa shape index (κ3) is 3.55. The first-order chi connectivity index (χ1) is 5.80. The lowest BCUT2D eigenvalue weighted by atomic mass is 10.2. The maximum Gasteiger partial charge on any atom is 0.00385 e. The van der Waals surface area contributed by atoms with Crippen molar-refractivity contribution in [3.8, 4) is 0 Å². The average Bonchev–Trinajstić information content (AvgIpc) is 2.15. The molecule has 1 aliphatic heterocycles. The first kappa shape index (κ1) is 10.0. The number of nitrogens with zero attached hydrogens (tertiary/aromatic N) is 1. The minimum absolute atomic E-state index is 0.725. The molecule has 12 heavy (non-hydrogen) atoms. The van der Waals surface area contributed by atoms with Crippen LogP contribution in [0.1, 0.15) is 33.1 Å². The highest BCUT2D eigenvalue weighted by Gasteiger charge is 2.09. The van der Waals surface area contributed by atoms with E-state index in [0.29, 0.717) is 0 Å². The van der Waals surface area contributed by atoms with Crippen LogP contribution in [-0.2, 0) is 0 Å². The molecular weight excluding hydrogens is 148 g/mol. The van der Waals surface area contributed by atoms with Crippen LogP contribution in [0.15, 0.2) is 0 Å². The lowest BCUT2D eigenvalue weighted by Gasteiger charge is -2.25. The summed E-state index contributed by atoms with van der Waals surface area (Å²) >= 11 is 0. The summed E-state index contributed by atoms with van der Waals surface area (Å²) in [7, 11) is 0. The van der Waals surface area contributed by atoms with Gasteiger partial charge in [0.05, 0.1) is 0 Å². The largest absolute Gasteiger partial charge is 0.317 e. The number of rotatable bonds is 1. The summed E-state index contributed by atoms with van der Waals surface area (Å²) in [6.45, 7) is 9.57. The Bertz CT molecular complexity index is 102. The molecule has 0 atom stereocenters. The van der Waals surface area contributed by atoms with Crippen LogP contribution in [0.5, 0.6) is 0 Å². The highest BCUT2D eigenvalue weighted by atomic mass is 15.1. The minimum atomic E-state index is 0.725. The fourth-order valence-electron chi connectivity index (χ4n) is 1.73. The van der Waals surface area contributed by atoms with Gasteiger partial charge in [-0.05, 0) is 59.3 Å². The van der Waals surface area contributed by atoms with E-state index < -0.39 is 0 Å². The minimum Gasteiger partial charge on any atom is -0.317 e. The van der Waals surface area contributed by atoms with Gasteiger partial charge in [-0.1, -0.05) is 0 Å². The summed E-state index contributed by atoms with van der Waals surface area (Å²) in [6.07, 6.45) is 3.99. The SMILES string of the molecule is CC(C)N1CCCCNCCC1. The standard InChI is InChI=1S/C10H22N2/c1-10(2)12-8-4-3-6-11-7-5-9-12/h10-11H,3-9H2,1-2H3. The van der Waals surface area contributed by atoms with Crippen molar-refractivity contribution in [2.45, 2.75) is 39.2 Å². The first-order valence-electron chi connectivity index (χ1n) is 5.25. The summed E-state index contributed by atoms with van der Waals surface area (Å²) in [4.78, 5) is 2.59. The molecule has 0 aromatic heterocycles. The van der Waals surface area contributed by atoms with Crippen LogP contribution in [0.25, 0.3) is 0 Å². The van der Waals surface area contributed by atoms with Gasteiger partial charge in [-0.3, -0.25) is 0 Å². The van der Waals surface area contributed by atoms with Gasteiger partial charge >= 0.3 is 0 Å². The Hall–Kier alpha value is -0.0800. The summed E-state index contributed by atoms with van der Waals surface area (Å²) in [5, 5.41) is 3.46. The molecule has 1 fully saturated rings. The van der Waals surface area contributed by atoms with Gasteiger partial charge in [0.2, 0.25) is 0 Å². The first-order valence-corrected chi connectivity index (χ1v) is 5.25. The van der Waals surface area contributed by atoms with E-state index in [0.717, 1.165) is 6.04 Å². The molecule has 0 aromatic rings. The maximum atomic E-state index is 3.46. The molecule has 0 spiro atoms. The Morgan fingerprint density at radius 1 is 1.00 bits per heavy atom. The molecule has 1 saturated heterocycles. The Labute approximate surface area is 76.3 Å². The smallest absolute Gasteiger partial charge is 0.00385 e. The number of hydrogen-bond acceptors (Lipinski definition) is 2. The zero-order chi connectivity index (χ0) is 8.81. The van der Waals surface area contributed by atoms with Crippen molar-refractivity contribution in [2.24, 2.45) is 0 Å². The Morgan fingerprint density at radius 3 is 2.42 bits per heavy atom. The lowest BCUT2D eigenvalue weighted by Crippen LogP contribution is -2.33. The van der Waals surface area contributed by atoms with Crippen molar-refractivity contribution in [2.75, 3.05) is 26.2 Å². The van der Waals surface area contributed by atoms with E-state index in [4.69, 9.17) is 0 Å².